The van der Waals surface area contributed by atoms with Crippen molar-refractivity contribution in [2.24, 2.45) is 0 Å². The second-order valence-electron chi connectivity index (χ2n) is 8.52. The van der Waals surface area contributed by atoms with Gasteiger partial charge in [0.25, 0.3) is 0 Å². The summed E-state index contributed by atoms with van der Waals surface area (Å²) in [6.45, 7) is 7.22. The second kappa shape index (κ2) is 5.76. The molecule has 2 aliphatic heterocycles. The zero-order chi connectivity index (χ0) is 19.7. The van der Waals surface area contributed by atoms with Crippen molar-refractivity contribution in [2.75, 3.05) is 25.0 Å². The number of anilines is 1. The Morgan fingerprint density at radius 2 is 2.00 bits per heavy atom. The Hall–Kier alpha value is -2.48. The monoisotopic (exact) mass is 374 g/mol. The zero-order valence-corrected chi connectivity index (χ0v) is 15.9. The van der Waals surface area contributed by atoms with Crippen LogP contribution < -0.4 is 10.3 Å². The number of halogens is 1. The molecule has 2 atom stereocenters. The maximum atomic E-state index is 14.9. The lowest BCUT2D eigenvalue weighted by molar-refractivity contribution is 0.0694. The maximum Gasteiger partial charge on any atom is 0.341 e. The Balaban J connectivity index is 1.95. The van der Waals surface area contributed by atoms with Gasteiger partial charge < -0.3 is 14.6 Å². The van der Waals surface area contributed by atoms with Crippen LogP contribution in [0.1, 0.15) is 37.6 Å². The molecule has 0 radical (unpaired) electrons. The molecule has 0 spiro atoms. The fourth-order valence-corrected chi connectivity index (χ4v) is 4.20. The summed E-state index contributed by atoms with van der Waals surface area (Å²) in [4.78, 5) is 32.8. The van der Waals surface area contributed by atoms with E-state index in [1.54, 1.807) is 4.57 Å². The van der Waals surface area contributed by atoms with E-state index in [0.29, 0.717) is 18.2 Å². The predicted octanol–water partition coefficient (Wildman–Crippen LogP) is 1.88. The Morgan fingerprint density at radius 1 is 1.30 bits per heavy atom. The average Bonchev–Trinajstić information content (AvgIpc) is 3.13. The van der Waals surface area contributed by atoms with Crippen molar-refractivity contribution < 1.29 is 14.3 Å². The van der Waals surface area contributed by atoms with Crippen LogP contribution >= 0.6 is 0 Å². The summed E-state index contributed by atoms with van der Waals surface area (Å²) in [7, 11) is 2.07. The van der Waals surface area contributed by atoms with Gasteiger partial charge in [-0.25, -0.2) is 14.2 Å². The third kappa shape index (κ3) is 2.70. The number of aromatic carboxylic acids is 1. The number of pyridine rings is 2. The van der Waals surface area contributed by atoms with Gasteiger partial charge in [0, 0.05) is 36.9 Å². The SMILES string of the molecule is CN1C[C@H]2C[C@@H]1CN2c1nc2c(cc1F)c(=O)c(C(=O)O)cn2C(C)(C)C. The van der Waals surface area contributed by atoms with E-state index in [1.165, 1.54) is 6.20 Å². The molecular weight excluding hydrogens is 351 g/mol. The first-order valence-electron chi connectivity index (χ1n) is 9.04. The molecule has 8 heteroatoms. The van der Waals surface area contributed by atoms with Crippen LogP contribution in [0.2, 0.25) is 0 Å². The van der Waals surface area contributed by atoms with E-state index in [1.807, 2.05) is 25.7 Å². The number of carboxylic acid groups (broad SMARTS) is 1. The van der Waals surface area contributed by atoms with Crippen molar-refractivity contribution in [3.63, 3.8) is 0 Å². The van der Waals surface area contributed by atoms with Gasteiger partial charge in [0.05, 0.1) is 5.39 Å². The topological polar surface area (TPSA) is 78.7 Å². The third-order valence-electron chi connectivity index (χ3n) is 5.65. The molecule has 1 N–H and O–H groups in total. The predicted molar refractivity (Wildman–Crippen MR) is 100 cm³/mol. The minimum Gasteiger partial charge on any atom is -0.477 e. The first-order chi connectivity index (χ1) is 12.6. The highest BCUT2D eigenvalue weighted by Crippen LogP contribution is 2.35. The number of aromatic nitrogens is 2. The highest BCUT2D eigenvalue weighted by molar-refractivity contribution is 5.92. The van der Waals surface area contributed by atoms with Crippen LogP contribution in [0.4, 0.5) is 10.2 Å². The van der Waals surface area contributed by atoms with Crippen molar-refractivity contribution >= 4 is 22.8 Å². The lowest BCUT2D eigenvalue weighted by Crippen LogP contribution is -2.45. The van der Waals surface area contributed by atoms with Gasteiger partial charge in [0.1, 0.15) is 11.2 Å². The van der Waals surface area contributed by atoms with E-state index >= 15 is 0 Å². The number of likely N-dealkylation sites (N-methyl/N-ethyl adjacent to an activating group) is 1. The molecule has 2 aliphatic rings. The molecule has 0 aromatic carbocycles. The smallest absolute Gasteiger partial charge is 0.341 e. The van der Waals surface area contributed by atoms with Crippen molar-refractivity contribution in [2.45, 2.75) is 44.8 Å². The minimum absolute atomic E-state index is 0.00690. The van der Waals surface area contributed by atoms with E-state index in [9.17, 15) is 19.1 Å². The van der Waals surface area contributed by atoms with Gasteiger partial charge in [-0.3, -0.25) is 9.69 Å². The molecule has 4 heterocycles. The molecule has 2 fully saturated rings. The Bertz CT molecular complexity index is 1010. The van der Waals surface area contributed by atoms with Gasteiger partial charge in [-0.05, 0) is 40.3 Å². The molecule has 0 saturated carbocycles. The highest BCUT2D eigenvalue weighted by Gasteiger charge is 2.43. The number of carboxylic acids is 1. The largest absolute Gasteiger partial charge is 0.477 e. The lowest BCUT2D eigenvalue weighted by atomic mass is 10.1. The molecule has 2 aromatic heterocycles. The Kier molecular flexibility index (Phi) is 3.82. The van der Waals surface area contributed by atoms with Crippen molar-refractivity contribution in [3.05, 3.63) is 33.9 Å². The summed E-state index contributed by atoms with van der Waals surface area (Å²) in [6.07, 6.45) is 2.28. The summed E-state index contributed by atoms with van der Waals surface area (Å²) in [5.41, 5.74) is -1.31. The number of rotatable bonds is 2. The standard InChI is InChI=1S/C19H23FN4O3/c1-19(2,3)24-9-13(18(26)27)15(25)12-6-14(20)17(21-16(12)24)23-8-10-5-11(23)7-22(10)4/h6,9-11H,5,7-8H2,1-4H3,(H,26,27)/t10-,11-/m1/s1. The second-order valence-corrected chi connectivity index (χ2v) is 8.52. The van der Waals surface area contributed by atoms with E-state index < -0.39 is 22.8 Å². The van der Waals surface area contributed by atoms with Crippen molar-refractivity contribution in [1.29, 1.82) is 0 Å². The number of piperazine rings is 1. The van der Waals surface area contributed by atoms with Crippen LogP contribution in [0.3, 0.4) is 0 Å². The third-order valence-corrected chi connectivity index (χ3v) is 5.65. The number of hydrogen-bond acceptors (Lipinski definition) is 5. The summed E-state index contributed by atoms with van der Waals surface area (Å²) in [5, 5.41) is 9.36. The van der Waals surface area contributed by atoms with Crippen molar-refractivity contribution in [3.8, 4) is 0 Å². The van der Waals surface area contributed by atoms with Crippen LogP contribution in [-0.4, -0.2) is 57.7 Å². The lowest BCUT2D eigenvalue weighted by Gasteiger charge is -2.33. The molecule has 27 heavy (non-hydrogen) atoms. The number of fused-ring (bicyclic) bond motifs is 3. The number of hydrogen-bond donors (Lipinski definition) is 1. The van der Waals surface area contributed by atoms with E-state index in [0.717, 1.165) is 19.0 Å². The first kappa shape index (κ1) is 17.9. The van der Waals surface area contributed by atoms with E-state index in [-0.39, 0.29) is 22.8 Å². The van der Waals surface area contributed by atoms with Crippen LogP contribution in [-0.2, 0) is 5.54 Å². The zero-order valence-electron chi connectivity index (χ0n) is 15.9. The fourth-order valence-electron chi connectivity index (χ4n) is 4.20. The van der Waals surface area contributed by atoms with E-state index in [2.05, 4.69) is 16.9 Å². The molecule has 2 bridgehead atoms. The molecule has 144 valence electrons. The van der Waals surface area contributed by atoms with Crippen LogP contribution in [0.5, 0.6) is 0 Å². The molecular formula is C19H23FN4O3. The van der Waals surface area contributed by atoms with Gasteiger partial charge in [-0.1, -0.05) is 0 Å². The van der Waals surface area contributed by atoms with Gasteiger partial charge in [-0.2, -0.15) is 0 Å². The summed E-state index contributed by atoms with van der Waals surface area (Å²) < 4.78 is 16.6. The van der Waals surface area contributed by atoms with Gasteiger partial charge in [0.2, 0.25) is 5.43 Å². The summed E-state index contributed by atoms with van der Waals surface area (Å²) in [6, 6.07) is 1.73. The normalized spacial score (nSPS) is 22.8. The highest BCUT2D eigenvalue weighted by atomic mass is 19.1. The Labute approximate surface area is 156 Å². The molecule has 4 rings (SSSR count). The summed E-state index contributed by atoms with van der Waals surface area (Å²) >= 11 is 0. The molecule has 0 aliphatic carbocycles. The molecule has 2 aromatic rings. The quantitative estimate of drug-likeness (QED) is 0.865. The number of likely N-dealkylation sites (tertiary alicyclic amines) is 1. The van der Waals surface area contributed by atoms with Gasteiger partial charge in [0.15, 0.2) is 11.6 Å². The van der Waals surface area contributed by atoms with Crippen LogP contribution in [0.25, 0.3) is 11.0 Å². The number of nitrogens with zero attached hydrogens (tertiary/aromatic N) is 4. The summed E-state index contributed by atoms with van der Waals surface area (Å²) in [5.74, 6) is -1.68. The fraction of sp³-hybridized carbons (Fsp3) is 0.526. The van der Waals surface area contributed by atoms with Gasteiger partial charge in [-0.15, -0.1) is 0 Å². The maximum absolute atomic E-state index is 14.9. The van der Waals surface area contributed by atoms with E-state index in [4.69, 9.17) is 0 Å². The van der Waals surface area contributed by atoms with Crippen LogP contribution in [0.15, 0.2) is 17.1 Å². The van der Waals surface area contributed by atoms with Gasteiger partial charge >= 0.3 is 5.97 Å². The molecule has 0 unspecified atom stereocenters. The Morgan fingerprint density at radius 3 is 2.52 bits per heavy atom. The van der Waals surface area contributed by atoms with Crippen molar-refractivity contribution in [1.82, 2.24) is 14.5 Å². The average molecular weight is 374 g/mol. The van der Waals surface area contributed by atoms with Crippen LogP contribution in [0, 0.1) is 5.82 Å². The molecule has 7 nitrogen and oxygen atoms in total. The molecule has 0 amide bonds. The minimum atomic E-state index is -1.33. The number of carbonyl (C=O) groups is 1. The molecule has 2 saturated heterocycles. The first-order valence-corrected chi connectivity index (χ1v) is 9.04.